The van der Waals surface area contributed by atoms with Crippen molar-refractivity contribution in [3.8, 4) is 5.88 Å². The SMILES string of the molecule is Cc1ccc(C(=Nc2ccc3c(c2)CCN3C(=O)CN2CC(C)OC(C)C2)c2c(O)[nH]c3cc(C(=O)O)ccc23)cc1.O=C1Nc2cc(C(=O)O)ccc2/C1=C(\c1ccccc1)N(c1ccc2c(c1)CCN2C(=O)CN1CCCCC1)C1CC1.O=C1Nc2cc(C(=O)O)ccc2/C1=C(\c1ccccc1)N(c1ccc2c(c1)CCN2C(=O)Cn1cccn1)C1CC1. The van der Waals surface area contributed by atoms with Crippen LogP contribution in [0.15, 0.2) is 218 Å². The highest BCUT2D eigenvalue weighted by atomic mass is 16.5. The van der Waals surface area contributed by atoms with Crippen molar-refractivity contribution >= 4 is 132 Å². The van der Waals surface area contributed by atoms with Gasteiger partial charge in [-0.2, -0.15) is 5.10 Å². The molecular formula is C99H95N13O13. The summed E-state index contributed by atoms with van der Waals surface area (Å²) in [5, 5.41) is 50.1. The van der Waals surface area contributed by atoms with Crippen molar-refractivity contribution in [1.82, 2.24) is 24.6 Å². The van der Waals surface area contributed by atoms with Gasteiger partial charge in [0.2, 0.25) is 17.7 Å². The van der Waals surface area contributed by atoms with Crippen LogP contribution in [0.1, 0.15) is 146 Å². The third-order valence-corrected chi connectivity index (χ3v) is 24.6. The van der Waals surface area contributed by atoms with Gasteiger partial charge in [0.1, 0.15) is 6.54 Å². The molecule has 2 saturated heterocycles. The highest BCUT2D eigenvalue weighted by Crippen LogP contribution is 2.50. The molecule has 26 nitrogen and oxygen atoms in total. The number of amides is 5. The number of nitrogens with zero attached hydrogens (tertiary/aromatic N) is 10. The molecule has 125 heavy (non-hydrogen) atoms. The van der Waals surface area contributed by atoms with Crippen LogP contribution >= 0.6 is 0 Å². The predicted octanol–water partition coefficient (Wildman–Crippen LogP) is 15.0. The van der Waals surface area contributed by atoms with Crippen LogP contribution in [-0.4, -0.2) is 181 Å². The Hall–Kier alpha value is -14.1. The molecule has 2 saturated carbocycles. The maximum absolute atomic E-state index is 13.6. The van der Waals surface area contributed by atoms with Crippen LogP contribution in [0.4, 0.5) is 45.5 Å². The summed E-state index contributed by atoms with van der Waals surface area (Å²) in [7, 11) is 0. The number of fused-ring (bicyclic) bond motifs is 6. The van der Waals surface area contributed by atoms with E-state index in [2.05, 4.69) is 64.6 Å². The molecule has 11 aromatic rings. The molecule has 4 fully saturated rings. The van der Waals surface area contributed by atoms with Crippen LogP contribution in [0.2, 0.25) is 0 Å². The standard InChI is InChI=1S/C34H34N4O4.C33H34N4O5.C32H27N5O4/c39-30(21-36-16-5-2-6-17-36)37-18-15-23-19-26(12-14-29(23)37)38(25-10-11-25)32(22-7-3-1-4-8-22)31-27-13-9-24(34(41)42)20-28(27)35-33(31)40;1-19-4-6-22(7-5-19)31(30-26-10-8-24(33(40)41)15-27(26)35-32(30)39)34-25-9-11-28-23(14-25)12-13-37(28)29(38)18-36-16-20(2)42-21(3)17-36;38-28(19-35-15-4-14-33-35)36-16-13-21-17-24(10-12-27(21)36)37(23-8-9-23)30(20-5-2-1-3-6-20)29-25-11-7-22(32(40)41)18-26(25)34-31(29)39/h1,3-4,7-9,12-14,19-20,25H,2,5-6,10-11,15-18,21H2,(H,35,40)(H,41,42);4-11,14-15,20-21,35,39H,12-13,16-18H2,1-3H3,(H,40,41);1-7,10-12,14-15,17-18,23H,8-9,13,16,19H2,(H,34,39)(H,40,41)/b32-31-;;30-29-. The zero-order chi connectivity index (χ0) is 86.4. The Morgan fingerprint density at radius 2 is 0.952 bits per heavy atom. The lowest BCUT2D eigenvalue weighted by Gasteiger charge is -2.35. The first kappa shape index (κ1) is 81.9. The third kappa shape index (κ3) is 17.1. The number of piperidine rings is 1. The van der Waals surface area contributed by atoms with E-state index in [1.54, 1.807) is 47.4 Å². The quantitative estimate of drug-likeness (QED) is 0.0275. The second kappa shape index (κ2) is 34.7. The monoisotopic (exact) mass is 1670 g/mol. The maximum atomic E-state index is 13.6. The van der Waals surface area contributed by atoms with Gasteiger partial charge in [0, 0.05) is 113 Å². The summed E-state index contributed by atoms with van der Waals surface area (Å²) >= 11 is 0. The first-order chi connectivity index (χ1) is 60.6. The van der Waals surface area contributed by atoms with Gasteiger partial charge < -0.3 is 65.3 Å². The Kier molecular flexibility index (Phi) is 22.7. The minimum Gasteiger partial charge on any atom is -0.494 e. The molecule has 26 heteroatoms. The van der Waals surface area contributed by atoms with E-state index in [1.807, 2.05) is 151 Å². The van der Waals surface area contributed by atoms with Crippen LogP contribution in [0.3, 0.4) is 0 Å². The number of aliphatic imine (C=N–C) groups is 1. The number of morpholine rings is 1. The second-order valence-corrected chi connectivity index (χ2v) is 33.5. The number of aromatic nitrogens is 3. The summed E-state index contributed by atoms with van der Waals surface area (Å²) in [6.07, 6.45) is 13.5. The number of aromatic carboxylic acids is 3. The van der Waals surface area contributed by atoms with Gasteiger partial charge in [0.15, 0.2) is 5.88 Å². The number of H-pyrrole nitrogens is 1. The lowest BCUT2D eigenvalue weighted by atomic mass is 9.97. The van der Waals surface area contributed by atoms with Crippen molar-refractivity contribution in [3.63, 3.8) is 0 Å². The zero-order valence-corrected chi connectivity index (χ0v) is 69.6. The Labute approximate surface area is 722 Å². The Balaban J connectivity index is 0.000000127. The fourth-order valence-corrected chi connectivity index (χ4v) is 18.5. The number of carboxylic acid groups (broad SMARTS) is 3. The summed E-state index contributed by atoms with van der Waals surface area (Å²) in [4.78, 5) is 124. The van der Waals surface area contributed by atoms with Crippen molar-refractivity contribution in [2.45, 2.75) is 116 Å². The van der Waals surface area contributed by atoms with Gasteiger partial charge >= 0.3 is 17.9 Å². The zero-order valence-electron chi connectivity index (χ0n) is 69.6. The maximum Gasteiger partial charge on any atom is 0.335 e. The number of carbonyl (C=O) groups excluding carboxylic acids is 5. The number of anilines is 7. The Bertz CT molecular complexity index is 6220. The average Bonchev–Trinajstić information content (AvgIpc) is 1.62. The van der Waals surface area contributed by atoms with Gasteiger partial charge in [-0.25, -0.2) is 19.4 Å². The van der Waals surface area contributed by atoms with E-state index in [4.69, 9.17) is 9.73 Å². The molecule has 5 amide bonds. The summed E-state index contributed by atoms with van der Waals surface area (Å²) < 4.78 is 7.45. The number of ether oxygens (including phenoxy) is 1. The number of benzene rings is 9. The molecular weight excluding hydrogens is 1580 g/mol. The number of carboxylic acids is 3. The van der Waals surface area contributed by atoms with E-state index >= 15 is 0 Å². The van der Waals surface area contributed by atoms with Gasteiger partial charge in [-0.05, 0) is 217 Å². The summed E-state index contributed by atoms with van der Waals surface area (Å²) in [5.41, 5.74) is 19.4. The van der Waals surface area contributed by atoms with Crippen LogP contribution in [0.5, 0.6) is 5.88 Å². The molecule has 20 rings (SSSR count). The van der Waals surface area contributed by atoms with Crippen molar-refractivity contribution in [3.05, 3.63) is 285 Å². The van der Waals surface area contributed by atoms with Crippen molar-refractivity contribution < 1.29 is 63.5 Å². The molecule has 9 aliphatic rings. The Morgan fingerprint density at radius 3 is 1.44 bits per heavy atom. The normalized spacial score (nSPS) is 18.4. The summed E-state index contributed by atoms with van der Waals surface area (Å²) in [6.45, 7) is 12.5. The number of hydrogen-bond acceptors (Lipinski definition) is 16. The molecule has 0 spiro atoms. The lowest BCUT2D eigenvalue weighted by Crippen LogP contribution is -2.49. The highest BCUT2D eigenvalue weighted by molar-refractivity contribution is 6.39. The van der Waals surface area contributed by atoms with Crippen LogP contribution in [0, 0.1) is 6.92 Å². The number of aryl methyl sites for hydroxylation is 1. The fourth-order valence-electron chi connectivity index (χ4n) is 18.5. The highest BCUT2D eigenvalue weighted by Gasteiger charge is 2.42. The predicted molar refractivity (Wildman–Crippen MR) is 481 cm³/mol. The van der Waals surface area contributed by atoms with Crippen molar-refractivity contribution in [2.24, 2.45) is 4.99 Å². The molecule has 2 aromatic heterocycles. The Morgan fingerprint density at radius 1 is 0.488 bits per heavy atom. The number of hydrogen-bond donors (Lipinski definition) is 7. The molecule has 0 bridgehead atoms. The minimum atomic E-state index is -1.04. The summed E-state index contributed by atoms with van der Waals surface area (Å²) in [5.74, 6) is -3.48. The fraction of sp³-hybridized carbons (Fsp3) is 0.273. The minimum absolute atomic E-state index is 0.00805. The van der Waals surface area contributed by atoms with E-state index in [1.165, 1.54) is 36.8 Å². The van der Waals surface area contributed by atoms with Crippen molar-refractivity contribution in [2.75, 3.05) is 94.0 Å². The van der Waals surface area contributed by atoms with E-state index in [0.717, 1.165) is 163 Å². The van der Waals surface area contributed by atoms with Crippen LogP contribution in [0.25, 0.3) is 33.4 Å². The number of aromatic amines is 1. The van der Waals surface area contributed by atoms with Crippen LogP contribution in [-0.2, 0) is 54.5 Å². The van der Waals surface area contributed by atoms with Gasteiger partial charge in [-0.3, -0.25) is 38.5 Å². The van der Waals surface area contributed by atoms with Gasteiger partial charge in [0.05, 0.1) is 92.9 Å². The van der Waals surface area contributed by atoms with E-state index < -0.39 is 17.9 Å². The van der Waals surface area contributed by atoms with E-state index in [-0.39, 0.29) is 82.9 Å². The summed E-state index contributed by atoms with van der Waals surface area (Å²) in [6, 6.07) is 62.6. The number of aromatic hydroxyl groups is 1. The molecule has 9 heterocycles. The molecule has 9 aromatic carbocycles. The lowest BCUT2D eigenvalue weighted by molar-refractivity contribution is -0.123. The smallest absolute Gasteiger partial charge is 0.335 e. The first-order valence-electron chi connectivity index (χ1n) is 42.8. The number of carbonyl (C=O) groups is 8. The van der Waals surface area contributed by atoms with Crippen LogP contribution < -0.4 is 35.1 Å². The number of likely N-dealkylation sites (tertiary alicyclic amines) is 1. The largest absolute Gasteiger partial charge is 0.494 e. The van der Waals surface area contributed by atoms with Gasteiger partial charge in [-0.1, -0.05) is 115 Å². The number of rotatable bonds is 20. The third-order valence-electron chi connectivity index (χ3n) is 24.6. The van der Waals surface area contributed by atoms with Gasteiger partial charge in [0.25, 0.3) is 11.8 Å². The molecule has 2 aliphatic carbocycles. The van der Waals surface area contributed by atoms with Gasteiger partial charge in [-0.15, -0.1) is 0 Å². The second-order valence-electron chi connectivity index (χ2n) is 33.5. The van der Waals surface area contributed by atoms with E-state index in [0.29, 0.717) is 94.2 Å². The van der Waals surface area contributed by atoms with E-state index in [9.17, 15) is 58.8 Å². The molecule has 634 valence electrons. The number of nitrogens with one attached hydrogen (secondary N) is 3. The molecule has 0 radical (unpaired) electrons. The first-order valence-corrected chi connectivity index (χ1v) is 42.8. The molecule has 2 atom stereocenters. The molecule has 2 unspecified atom stereocenters. The topological polar surface area (TPSA) is 319 Å². The van der Waals surface area contributed by atoms with Crippen molar-refractivity contribution in [1.29, 1.82) is 0 Å². The molecule has 7 aliphatic heterocycles. The average molecular weight is 1670 g/mol. The molecule has 7 N–H and O–H groups in total.